The minimum Gasteiger partial charge on any atom is -0.463 e. The lowest BCUT2D eigenvalue weighted by atomic mass is 10.1. The Morgan fingerprint density at radius 2 is 2.00 bits per heavy atom. The van der Waals surface area contributed by atoms with Gasteiger partial charge in [-0.2, -0.15) is 13.2 Å². The highest BCUT2D eigenvalue weighted by Gasteiger charge is 2.33. The molecule has 0 radical (unpaired) electrons. The number of benzene rings is 1. The molecular weight excluding hydrogens is 405 g/mol. The monoisotopic (exact) mass is 420 g/mol. The molecule has 3 heterocycles. The molecule has 0 aliphatic heterocycles. The minimum atomic E-state index is -4.55. The summed E-state index contributed by atoms with van der Waals surface area (Å²) in [5.74, 6) is 0.0555. The number of halogens is 3. The Labute approximate surface area is 167 Å². The van der Waals surface area contributed by atoms with Gasteiger partial charge in [0, 0.05) is 18.6 Å². The fourth-order valence-corrected chi connectivity index (χ4v) is 3.79. The van der Waals surface area contributed by atoms with E-state index in [0.717, 1.165) is 34.7 Å². The number of fused-ring (bicyclic) bond motifs is 3. The van der Waals surface area contributed by atoms with E-state index < -0.39 is 17.6 Å². The third-order valence-corrected chi connectivity index (χ3v) is 5.29. The smallest absolute Gasteiger partial charge is 0.418 e. The largest absolute Gasteiger partial charge is 0.463 e. The van der Waals surface area contributed by atoms with Gasteiger partial charge in [0.05, 0.1) is 34.3 Å². The van der Waals surface area contributed by atoms with E-state index in [9.17, 15) is 18.0 Å². The lowest BCUT2D eigenvalue weighted by Gasteiger charge is -2.13. The summed E-state index contributed by atoms with van der Waals surface area (Å²) in [6.07, 6.45) is -2.32. The van der Waals surface area contributed by atoms with Crippen molar-refractivity contribution in [3.05, 3.63) is 54.0 Å². The van der Waals surface area contributed by atoms with Crippen molar-refractivity contribution in [1.82, 2.24) is 14.6 Å². The zero-order chi connectivity index (χ0) is 20.6. The number of thioether (sulfide) groups is 1. The number of hydrogen-bond donors (Lipinski definition) is 1. The highest BCUT2D eigenvalue weighted by molar-refractivity contribution is 8.00. The molecule has 4 rings (SSSR count). The summed E-state index contributed by atoms with van der Waals surface area (Å²) < 4.78 is 46.6. The molecule has 0 saturated carbocycles. The summed E-state index contributed by atoms with van der Waals surface area (Å²) in [6.45, 7) is 1.95. The molecule has 0 unspecified atom stereocenters. The molecule has 10 heteroatoms. The number of alkyl halides is 3. The van der Waals surface area contributed by atoms with Gasteiger partial charge in [0.2, 0.25) is 5.91 Å². The summed E-state index contributed by atoms with van der Waals surface area (Å²) in [7, 11) is 0. The number of amides is 1. The van der Waals surface area contributed by atoms with E-state index in [1.165, 1.54) is 18.2 Å². The molecule has 1 aromatic carbocycles. The second-order valence-electron chi connectivity index (χ2n) is 6.19. The first kappa shape index (κ1) is 19.3. The second-order valence-corrected chi connectivity index (χ2v) is 7.15. The van der Waals surface area contributed by atoms with Crippen LogP contribution in [0.3, 0.4) is 0 Å². The van der Waals surface area contributed by atoms with Crippen molar-refractivity contribution in [3.8, 4) is 0 Å². The summed E-state index contributed by atoms with van der Waals surface area (Å²) in [5, 5.41) is 11.2. The van der Waals surface area contributed by atoms with Gasteiger partial charge in [0.1, 0.15) is 10.9 Å². The average Bonchev–Trinajstić information content (AvgIpc) is 3.27. The zero-order valence-electron chi connectivity index (χ0n) is 15.2. The predicted molar refractivity (Wildman–Crippen MR) is 103 cm³/mol. The number of aryl methyl sites for hydroxylation is 1. The highest BCUT2D eigenvalue weighted by Crippen LogP contribution is 2.35. The average molecular weight is 420 g/mol. The standard InChI is InChI=1S/C19H15F3N4O2S/c1-2-16-24-25-18(14-9-15-13(26(14)16)7-8-28-15)29-10-17(27)23-12-6-4-3-5-11(12)19(20,21)22/h3-9H,2,10H2,1H3,(H,23,27). The van der Waals surface area contributed by atoms with Crippen molar-refractivity contribution in [2.45, 2.75) is 24.5 Å². The number of nitrogens with one attached hydrogen (secondary N) is 1. The number of hydrogen-bond acceptors (Lipinski definition) is 5. The van der Waals surface area contributed by atoms with E-state index in [1.807, 2.05) is 23.5 Å². The van der Waals surface area contributed by atoms with Crippen LogP contribution >= 0.6 is 11.8 Å². The van der Waals surface area contributed by atoms with Crippen molar-refractivity contribution in [2.75, 3.05) is 11.1 Å². The molecule has 0 atom stereocenters. The number of carbonyl (C=O) groups excluding carboxylic acids is 1. The van der Waals surface area contributed by atoms with Crippen LogP contribution < -0.4 is 5.32 Å². The van der Waals surface area contributed by atoms with Gasteiger partial charge in [0.15, 0.2) is 5.58 Å². The van der Waals surface area contributed by atoms with Gasteiger partial charge in [-0.15, -0.1) is 10.2 Å². The fourth-order valence-electron chi connectivity index (χ4n) is 3.05. The quantitative estimate of drug-likeness (QED) is 0.470. The van der Waals surface area contributed by atoms with E-state index in [4.69, 9.17) is 4.42 Å². The Bertz CT molecular complexity index is 1200. The molecule has 150 valence electrons. The summed E-state index contributed by atoms with van der Waals surface area (Å²) >= 11 is 1.10. The third kappa shape index (κ3) is 3.67. The first-order valence-electron chi connectivity index (χ1n) is 8.71. The maximum absolute atomic E-state index is 13.1. The van der Waals surface area contributed by atoms with E-state index >= 15 is 0 Å². The zero-order valence-corrected chi connectivity index (χ0v) is 16.0. The van der Waals surface area contributed by atoms with Gasteiger partial charge in [-0.1, -0.05) is 30.8 Å². The minimum absolute atomic E-state index is 0.117. The molecule has 0 saturated heterocycles. The van der Waals surface area contributed by atoms with E-state index in [0.29, 0.717) is 17.0 Å². The van der Waals surface area contributed by atoms with Crippen LogP contribution in [0.2, 0.25) is 0 Å². The van der Waals surface area contributed by atoms with Crippen molar-refractivity contribution < 1.29 is 22.4 Å². The number of para-hydroxylation sites is 1. The Morgan fingerprint density at radius 3 is 2.76 bits per heavy atom. The summed E-state index contributed by atoms with van der Waals surface area (Å²) in [5.41, 5.74) is 1.08. The molecular formula is C19H15F3N4O2S. The molecule has 0 bridgehead atoms. The molecule has 6 nitrogen and oxygen atoms in total. The predicted octanol–water partition coefficient (Wildman–Crippen LogP) is 4.79. The van der Waals surface area contributed by atoms with Crippen LogP contribution in [0.1, 0.15) is 18.3 Å². The van der Waals surface area contributed by atoms with Crippen LogP contribution in [0.4, 0.5) is 18.9 Å². The van der Waals surface area contributed by atoms with Crippen molar-refractivity contribution in [3.63, 3.8) is 0 Å². The fraction of sp³-hybridized carbons (Fsp3) is 0.211. The van der Waals surface area contributed by atoms with Crippen LogP contribution in [-0.2, 0) is 17.4 Å². The summed E-state index contributed by atoms with van der Waals surface area (Å²) in [6, 6.07) is 8.49. The topological polar surface area (TPSA) is 72.4 Å². The van der Waals surface area contributed by atoms with Gasteiger partial charge in [-0.05, 0) is 12.1 Å². The van der Waals surface area contributed by atoms with Crippen molar-refractivity contribution in [1.29, 1.82) is 0 Å². The van der Waals surface area contributed by atoms with Gasteiger partial charge in [0.25, 0.3) is 0 Å². The Balaban J connectivity index is 1.56. The Hall–Kier alpha value is -3.01. The van der Waals surface area contributed by atoms with Gasteiger partial charge in [-0.3, -0.25) is 9.20 Å². The molecule has 0 aliphatic carbocycles. The Kier molecular flexibility index (Phi) is 4.95. The molecule has 0 fully saturated rings. The number of aromatic nitrogens is 3. The van der Waals surface area contributed by atoms with Crippen molar-refractivity contribution >= 4 is 40.0 Å². The van der Waals surface area contributed by atoms with E-state index in [2.05, 4.69) is 15.5 Å². The normalized spacial score (nSPS) is 12.0. The maximum atomic E-state index is 13.1. The van der Waals surface area contributed by atoms with Gasteiger partial charge >= 0.3 is 6.18 Å². The summed E-state index contributed by atoms with van der Waals surface area (Å²) in [4.78, 5) is 12.3. The third-order valence-electron chi connectivity index (χ3n) is 4.32. The Morgan fingerprint density at radius 1 is 1.21 bits per heavy atom. The van der Waals surface area contributed by atoms with E-state index in [-0.39, 0.29) is 11.4 Å². The van der Waals surface area contributed by atoms with Crippen LogP contribution in [0.15, 0.2) is 52.1 Å². The molecule has 0 spiro atoms. The molecule has 29 heavy (non-hydrogen) atoms. The van der Waals surface area contributed by atoms with E-state index in [1.54, 1.807) is 6.26 Å². The number of furan rings is 1. The van der Waals surface area contributed by atoms with Gasteiger partial charge < -0.3 is 9.73 Å². The van der Waals surface area contributed by atoms with Crippen LogP contribution in [0.25, 0.3) is 16.6 Å². The lowest BCUT2D eigenvalue weighted by Crippen LogP contribution is -2.18. The van der Waals surface area contributed by atoms with Crippen LogP contribution in [0.5, 0.6) is 0 Å². The lowest BCUT2D eigenvalue weighted by molar-refractivity contribution is -0.137. The van der Waals surface area contributed by atoms with Crippen LogP contribution in [0, 0.1) is 0 Å². The first-order chi connectivity index (χ1) is 13.9. The van der Waals surface area contributed by atoms with Crippen molar-refractivity contribution in [2.24, 2.45) is 0 Å². The maximum Gasteiger partial charge on any atom is 0.418 e. The highest BCUT2D eigenvalue weighted by atomic mass is 32.2. The SMILES string of the molecule is CCc1nnc(SCC(=O)Nc2ccccc2C(F)(F)F)c2cc3occc3n12. The van der Waals surface area contributed by atoms with Crippen LogP contribution in [-0.4, -0.2) is 26.3 Å². The molecule has 1 N–H and O–H groups in total. The second kappa shape index (κ2) is 7.43. The number of anilines is 1. The number of carbonyl (C=O) groups is 1. The molecule has 0 aliphatic rings. The molecule has 1 amide bonds. The molecule has 4 aromatic rings. The number of rotatable bonds is 5. The van der Waals surface area contributed by atoms with Gasteiger partial charge in [-0.25, -0.2) is 0 Å². The number of nitrogens with zero attached hydrogens (tertiary/aromatic N) is 3. The molecule has 3 aromatic heterocycles. The first-order valence-corrected chi connectivity index (χ1v) is 9.70.